The molecular weight excluding hydrogens is 384 g/mol. The summed E-state index contributed by atoms with van der Waals surface area (Å²) in [7, 11) is 0. The van der Waals surface area contributed by atoms with Gasteiger partial charge in [-0.05, 0) is 102 Å². The molecule has 4 aliphatic carbocycles. The Morgan fingerprint density at radius 2 is 1.72 bits per heavy atom. The van der Waals surface area contributed by atoms with Crippen molar-refractivity contribution in [2.45, 2.75) is 89.3 Å². The van der Waals surface area contributed by atoms with Gasteiger partial charge in [0.1, 0.15) is 0 Å². The molecule has 1 saturated heterocycles. The molecule has 4 bridgehead atoms. The van der Waals surface area contributed by atoms with Crippen molar-refractivity contribution in [3.63, 3.8) is 0 Å². The third-order valence-electron chi connectivity index (χ3n) is 8.09. The lowest BCUT2D eigenvalue weighted by atomic mass is 9.50. The smallest absolute Gasteiger partial charge is 0.241 e. The number of halogens is 1. The van der Waals surface area contributed by atoms with E-state index in [0.29, 0.717) is 11.8 Å². The van der Waals surface area contributed by atoms with Crippen LogP contribution >= 0.6 is 12.4 Å². The quantitative estimate of drug-likeness (QED) is 0.758. The molecule has 0 aromatic heterocycles. The second-order valence-corrected chi connectivity index (χ2v) is 10.5. The van der Waals surface area contributed by atoms with E-state index >= 15 is 0 Å². The minimum absolute atomic E-state index is 0. The number of aliphatic hydroxyl groups is 1. The van der Waals surface area contributed by atoms with Gasteiger partial charge in [0.2, 0.25) is 5.91 Å². The van der Waals surface area contributed by atoms with Crippen molar-refractivity contribution in [3.05, 3.63) is 28.8 Å². The van der Waals surface area contributed by atoms with E-state index in [0.717, 1.165) is 55.5 Å². The maximum Gasteiger partial charge on any atom is 0.241 e. The van der Waals surface area contributed by atoms with Gasteiger partial charge in [-0.3, -0.25) is 9.69 Å². The van der Waals surface area contributed by atoms with Crippen LogP contribution in [-0.4, -0.2) is 39.6 Å². The van der Waals surface area contributed by atoms with E-state index in [2.05, 4.69) is 43.1 Å². The van der Waals surface area contributed by atoms with Crippen molar-refractivity contribution < 1.29 is 9.90 Å². The highest BCUT2D eigenvalue weighted by molar-refractivity contribution is 5.96. The summed E-state index contributed by atoms with van der Waals surface area (Å²) in [5, 5.41) is 14.4. The Hall–Kier alpha value is -1.10. The van der Waals surface area contributed by atoms with E-state index in [1.165, 1.54) is 24.8 Å². The number of benzene rings is 1. The summed E-state index contributed by atoms with van der Waals surface area (Å²) >= 11 is 0. The molecule has 2 N–H and O–H groups in total. The Bertz CT molecular complexity index is 786. The number of anilines is 1. The number of hydrogen-bond acceptors (Lipinski definition) is 3. The molecule has 3 unspecified atom stereocenters. The van der Waals surface area contributed by atoms with Crippen molar-refractivity contribution in [2.24, 2.45) is 11.8 Å². The van der Waals surface area contributed by atoms with Gasteiger partial charge in [-0.25, -0.2) is 0 Å². The highest BCUT2D eigenvalue weighted by Crippen LogP contribution is 2.60. The number of nitrogens with zero attached hydrogens (tertiary/aromatic N) is 1. The van der Waals surface area contributed by atoms with Gasteiger partial charge < -0.3 is 10.4 Å². The Balaban J connectivity index is 0.00000205. The van der Waals surface area contributed by atoms with E-state index < -0.39 is 5.60 Å². The second kappa shape index (κ2) is 7.25. The van der Waals surface area contributed by atoms with Gasteiger partial charge in [0.05, 0.1) is 11.6 Å². The first-order chi connectivity index (χ1) is 13.3. The van der Waals surface area contributed by atoms with E-state index in [-0.39, 0.29) is 29.9 Å². The third-order valence-corrected chi connectivity index (χ3v) is 8.09. The average molecular weight is 419 g/mol. The molecule has 160 valence electrons. The highest BCUT2D eigenvalue weighted by atomic mass is 35.5. The van der Waals surface area contributed by atoms with Crippen molar-refractivity contribution in [2.75, 3.05) is 11.9 Å². The van der Waals surface area contributed by atoms with Gasteiger partial charge in [0.15, 0.2) is 0 Å². The van der Waals surface area contributed by atoms with Crippen LogP contribution < -0.4 is 5.32 Å². The molecule has 6 rings (SSSR count). The summed E-state index contributed by atoms with van der Waals surface area (Å²) in [6.07, 6.45) is 8.51. The zero-order valence-electron chi connectivity index (χ0n) is 18.0. The van der Waals surface area contributed by atoms with Crippen LogP contribution in [0.25, 0.3) is 0 Å². The number of rotatable bonds is 3. The fourth-order valence-corrected chi connectivity index (χ4v) is 7.69. The number of carbonyl (C=O) groups excluding carboxylic acids is 1. The fourth-order valence-electron chi connectivity index (χ4n) is 7.69. The number of likely N-dealkylation sites (tertiary alicyclic amines) is 1. The number of amides is 1. The molecule has 5 fully saturated rings. The Labute approximate surface area is 180 Å². The summed E-state index contributed by atoms with van der Waals surface area (Å²) in [5.74, 6) is 1.45. The standard InChI is InChI=1S/C24H34N2O2.ClH/c1-15-7-16(2)21(17(3)8-15)25-22(27)20-5-4-6-26(20)23-10-18-9-19(11-23)13-24(28,12-18)14-23;/h7-8,18-20,28H,4-6,9-14H2,1-3H3,(H,25,27);1H. The zero-order valence-corrected chi connectivity index (χ0v) is 18.8. The number of aryl methyl sites for hydroxylation is 3. The predicted octanol–water partition coefficient (Wildman–Crippen LogP) is 4.52. The summed E-state index contributed by atoms with van der Waals surface area (Å²) in [4.78, 5) is 15.9. The first-order valence-electron chi connectivity index (χ1n) is 11.1. The normalized spacial score (nSPS) is 38.1. The molecule has 1 aliphatic heterocycles. The molecule has 1 amide bonds. The minimum atomic E-state index is -0.474. The summed E-state index contributed by atoms with van der Waals surface area (Å²) in [5.41, 5.74) is 4.06. The van der Waals surface area contributed by atoms with Crippen LogP contribution in [0.3, 0.4) is 0 Å². The average Bonchev–Trinajstić information content (AvgIpc) is 3.06. The molecule has 4 nitrogen and oxygen atoms in total. The van der Waals surface area contributed by atoms with Gasteiger partial charge in [-0.1, -0.05) is 17.7 Å². The molecular formula is C24H35ClN2O2. The first kappa shape index (κ1) is 21.1. The molecule has 1 heterocycles. The lowest BCUT2D eigenvalue weighted by Gasteiger charge is -2.63. The van der Waals surface area contributed by atoms with Gasteiger partial charge in [-0.2, -0.15) is 0 Å². The van der Waals surface area contributed by atoms with Crippen LogP contribution in [-0.2, 0) is 4.79 Å². The van der Waals surface area contributed by atoms with Crippen molar-refractivity contribution in [3.8, 4) is 0 Å². The molecule has 0 radical (unpaired) electrons. The molecule has 1 aromatic rings. The van der Waals surface area contributed by atoms with Crippen molar-refractivity contribution in [1.29, 1.82) is 0 Å². The number of nitrogens with one attached hydrogen (secondary N) is 1. The lowest BCUT2D eigenvalue weighted by molar-refractivity contribution is -0.179. The van der Waals surface area contributed by atoms with E-state index in [1.54, 1.807) is 0 Å². The van der Waals surface area contributed by atoms with E-state index in [1.807, 2.05) is 0 Å². The Kier molecular flexibility index (Phi) is 5.28. The first-order valence-corrected chi connectivity index (χ1v) is 11.1. The topological polar surface area (TPSA) is 52.6 Å². The minimum Gasteiger partial charge on any atom is -0.390 e. The molecule has 3 atom stereocenters. The summed E-state index contributed by atoms with van der Waals surface area (Å²) < 4.78 is 0. The van der Waals surface area contributed by atoms with Crippen LogP contribution in [0.4, 0.5) is 5.69 Å². The molecule has 1 aromatic carbocycles. The fraction of sp³-hybridized carbons (Fsp3) is 0.708. The molecule has 5 aliphatic rings. The monoisotopic (exact) mass is 418 g/mol. The van der Waals surface area contributed by atoms with Crippen molar-refractivity contribution in [1.82, 2.24) is 4.90 Å². The van der Waals surface area contributed by atoms with Crippen molar-refractivity contribution >= 4 is 24.0 Å². The zero-order chi connectivity index (χ0) is 19.7. The van der Waals surface area contributed by atoms with E-state index in [9.17, 15) is 9.90 Å². The van der Waals surface area contributed by atoms with Gasteiger partial charge in [0.25, 0.3) is 0 Å². The summed E-state index contributed by atoms with van der Waals surface area (Å²) in [6.45, 7) is 7.26. The number of hydrogen-bond donors (Lipinski definition) is 2. The summed E-state index contributed by atoms with van der Waals surface area (Å²) in [6, 6.07) is 4.23. The largest absolute Gasteiger partial charge is 0.390 e. The second-order valence-electron chi connectivity index (χ2n) is 10.5. The van der Waals surface area contributed by atoms with Gasteiger partial charge in [0, 0.05) is 11.2 Å². The van der Waals surface area contributed by atoms with Gasteiger partial charge in [-0.15, -0.1) is 12.4 Å². The Morgan fingerprint density at radius 3 is 2.31 bits per heavy atom. The molecule has 5 heteroatoms. The third kappa shape index (κ3) is 3.51. The maximum atomic E-state index is 13.4. The lowest BCUT2D eigenvalue weighted by Crippen LogP contribution is -2.67. The van der Waals surface area contributed by atoms with Crippen LogP contribution in [0.2, 0.25) is 0 Å². The number of carbonyl (C=O) groups is 1. The molecule has 4 saturated carbocycles. The Morgan fingerprint density at radius 1 is 1.10 bits per heavy atom. The molecule has 29 heavy (non-hydrogen) atoms. The highest BCUT2D eigenvalue weighted by Gasteiger charge is 2.60. The van der Waals surface area contributed by atoms with E-state index in [4.69, 9.17) is 0 Å². The predicted molar refractivity (Wildman–Crippen MR) is 119 cm³/mol. The van der Waals surface area contributed by atoms with Crippen LogP contribution in [0, 0.1) is 32.6 Å². The molecule has 0 spiro atoms. The van der Waals surface area contributed by atoms with Crippen LogP contribution in [0.5, 0.6) is 0 Å². The maximum absolute atomic E-state index is 13.4. The SMILES string of the molecule is Cc1cc(C)c(NC(=O)C2CCCN2C23CC4CC(CC(O)(C4)C2)C3)c(C)c1.Cl. The van der Waals surface area contributed by atoms with Crippen LogP contribution in [0.15, 0.2) is 12.1 Å². The van der Waals surface area contributed by atoms with Gasteiger partial charge >= 0.3 is 0 Å². The van der Waals surface area contributed by atoms with Crippen LogP contribution in [0.1, 0.15) is 68.1 Å².